The maximum Gasteiger partial charge on any atom is 0.348 e. The molecule has 0 saturated carbocycles. The van der Waals surface area contributed by atoms with E-state index < -0.39 is 0 Å². The van der Waals surface area contributed by atoms with Gasteiger partial charge in [-0.25, -0.2) is 19.3 Å². The molecule has 0 aliphatic carbocycles. The van der Waals surface area contributed by atoms with Crippen molar-refractivity contribution in [1.82, 2.24) is 24.9 Å². The monoisotopic (exact) mass is 248 g/mol. The number of hydrogen-bond acceptors (Lipinski definition) is 5. The molecule has 0 spiro atoms. The quantitative estimate of drug-likeness (QED) is 0.756. The minimum Gasteiger partial charge on any atom is -0.351 e. The van der Waals surface area contributed by atoms with E-state index in [0.29, 0.717) is 11.7 Å². The van der Waals surface area contributed by atoms with Crippen LogP contribution in [0.25, 0.3) is 5.65 Å². The van der Waals surface area contributed by atoms with E-state index in [1.54, 1.807) is 0 Å². The van der Waals surface area contributed by atoms with E-state index in [-0.39, 0.29) is 5.69 Å². The van der Waals surface area contributed by atoms with Crippen LogP contribution in [0.4, 0.5) is 5.82 Å². The number of aromatic nitrogens is 4. The molecule has 0 radical (unpaired) electrons. The lowest BCUT2D eigenvalue weighted by atomic mass is 10.1. The molecule has 3 rings (SSSR count). The number of hydrogen-bond donors (Lipinski definition) is 2. The molecule has 7 nitrogen and oxygen atoms in total. The minimum absolute atomic E-state index is 0.253. The molecule has 0 aromatic carbocycles. The Morgan fingerprint density at radius 1 is 1.56 bits per heavy atom. The van der Waals surface area contributed by atoms with Crippen LogP contribution in [0.2, 0.25) is 0 Å². The summed E-state index contributed by atoms with van der Waals surface area (Å²) in [5.41, 5.74) is 0.356. The van der Waals surface area contributed by atoms with Gasteiger partial charge in [0.15, 0.2) is 5.65 Å². The molecule has 1 unspecified atom stereocenters. The van der Waals surface area contributed by atoms with Crippen LogP contribution < -0.4 is 15.9 Å². The number of aromatic amines is 1. The summed E-state index contributed by atoms with van der Waals surface area (Å²) < 4.78 is 1.41. The zero-order chi connectivity index (χ0) is 12.5. The number of nitrogens with zero attached hydrogens (tertiary/aromatic N) is 4. The molecule has 2 aromatic rings. The first kappa shape index (κ1) is 11.2. The summed E-state index contributed by atoms with van der Waals surface area (Å²) in [4.78, 5) is 18.0. The molecule has 18 heavy (non-hydrogen) atoms. The molecule has 2 aromatic heterocycles. The third kappa shape index (κ3) is 1.76. The second-order valence-electron chi connectivity index (χ2n) is 4.46. The van der Waals surface area contributed by atoms with Gasteiger partial charge in [-0.1, -0.05) is 6.92 Å². The maximum absolute atomic E-state index is 11.4. The van der Waals surface area contributed by atoms with Crippen molar-refractivity contribution in [2.45, 2.75) is 19.4 Å². The van der Waals surface area contributed by atoms with Gasteiger partial charge in [0.1, 0.15) is 12.1 Å². The van der Waals surface area contributed by atoms with Gasteiger partial charge in [-0.2, -0.15) is 5.10 Å². The summed E-state index contributed by atoms with van der Waals surface area (Å²) in [5, 5.41) is 9.77. The third-order valence-electron chi connectivity index (χ3n) is 3.41. The number of piperazine rings is 1. The van der Waals surface area contributed by atoms with Crippen molar-refractivity contribution in [3.63, 3.8) is 0 Å². The molecule has 0 amide bonds. The molecule has 1 aliphatic rings. The highest BCUT2D eigenvalue weighted by molar-refractivity contribution is 5.51. The van der Waals surface area contributed by atoms with Gasteiger partial charge in [0, 0.05) is 31.7 Å². The van der Waals surface area contributed by atoms with Gasteiger partial charge in [-0.05, 0) is 6.42 Å². The Hall–Kier alpha value is -1.89. The van der Waals surface area contributed by atoms with Crippen LogP contribution >= 0.6 is 0 Å². The van der Waals surface area contributed by atoms with E-state index in [2.05, 4.69) is 32.3 Å². The molecular weight excluding hydrogens is 232 g/mol. The fourth-order valence-electron chi connectivity index (χ4n) is 2.38. The first-order valence-electron chi connectivity index (χ1n) is 6.19. The minimum atomic E-state index is -0.253. The van der Waals surface area contributed by atoms with Gasteiger partial charge in [-0.15, -0.1) is 0 Å². The van der Waals surface area contributed by atoms with Crippen molar-refractivity contribution in [3.05, 3.63) is 22.9 Å². The second-order valence-corrected chi connectivity index (χ2v) is 4.46. The molecule has 96 valence electrons. The number of H-pyrrole nitrogens is 1. The SMILES string of the molecule is CCC1CNCCN1c1cc2n[nH]c(=O)n2cn1. The van der Waals surface area contributed by atoms with E-state index in [4.69, 9.17) is 0 Å². The van der Waals surface area contributed by atoms with Crippen LogP contribution in [-0.4, -0.2) is 45.3 Å². The van der Waals surface area contributed by atoms with E-state index in [1.807, 2.05) is 6.07 Å². The third-order valence-corrected chi connectivity index (χ3v) is 3.41. The topological polar surface area (TPSA) is 78.3 Å². The van der Waals surface area contributed by atoms with Crippen molar-refractivity contribution in [1.29, 1.82) is 0 Å². The van der Waals surface area contributed by atoms with Crippen molar-refractivity contribution < 1.29 is 0 Å². The Balaban J connectivity index is 1.99. The van der Waals surface area contributed by atoms with Crippen LogP contribution in [0.1, 0.15) is 13.3 Å². The average molecular weight is 248 g/mol. The van der Waals surface area contributed by atoms with Crippen molar-refractivity contribution in [2.75, 3.05) is 24.5 Å². The lowest BCUT2D eigenvalue weighted by Crippen LogP contribution is -2.51. The fraction of sp³-hybridized carbons (Fsp3) is 0.545. The molecule has 3 heterocycles. The van der Waals surface area contributed by atoms with E-state index >= 15 is 0 Å². The summed E-state index contributed by atoms with van der Waals surface area (Å²) in [7, 11) is 0. The lowest BCUT2D eigenvalue weighted by Gasteiger charge is -2.36. The van der Waals surface area contributed by atoms with Crippen LogP contribution in [-0.2, 0) is 0 Å². The molecule has 2 N–H and O–H groups in total. The van der Waals surface area contributed by atoms with Gasteiger partial charge in [0.05, 0.1) is 0 Å². The Labute approximate surface area is 104 Å². The Kier molecular flexibility index (Phi) is 2.75. The largest absolute Gasteiger partial charge is 0.351 e. The first-order chi connectivity index (χ1) is 8.79. The average Bonchev–Trinajstić information content (AvgIpc) is 2.80. The summed E-state index contributed by atoms with van der Waals surface area (Å²) in [5.74, 6) is 0.884. The van der Waals surface area contributed by atoms with Gasteiger partial charge in [0.2, 0.25) is 0 Å². The van der Waals surface area contributed by atoms with E-state index in [1.165, 1.54) is 10.7 Å². The van der Waals surface area contributed by atoms with Gasteiger partial charge < -0.3 is 10.2 Å². The van der Waals surface area contributed by atoms with Gasteiger partial charge >= 0.3 is 5.69 Å². The maximum atomic E-state index is 11.4. The zero-order valence-corrected chi connectivity index (χ0v) is 10.3. The highest BCUT2D eigenvalue weighted by Crippen LogP contribution is 2.17. The zero-order valence-electron chi connectivity index (χ0n) is 10.3. The second kappa shape index (κ2) is 4.41. The summed E-state index contributed by atoms with van der Waals surface area (Å²) >= 11 is 0. The highest BCUT2D eigenvalue weighted by atomic mass is 16.1. The summed E-state index contributed by atoms with van der Waals surface area (Å²) in [6.07, 6.45) is 2.60. The van der Waals surface area contributed by atoms with Crippen LogP contribution in [0.15, 0.2) is 17.2 Å². The molecule has 0 bridgehead atoms. The molecule has 1 fully saturated rings. The predicted octanol–water partition coefficient (Wildman–Crippen LogP) is -0.394. The van der Waals surface area contributed by atoms with Crippen LogP contribution in [0.3, 0.4) is 0 Å². The molecule has 7 heteroatoms. The van der Waals surface area contributed by atoms with Gasteiger partial charge in [0.25, 0.3) is 0 Å². The molecular formula is C11H16N6O. The predicted molar refractivity (Wildman–Crippen MR) is 67.9 cm³/mol. The highest BCUT2D eigenvalue weighted by Gasteiger charge is 2.22. The number of fused-ring (bicyclic) bond motifs is 1. The first-order valence-corrected chi connectivity index (χ1v) is 6.19. The number of nitrogens with one attached hydrogen (secondary N) is 2. The Morgan fingerprint density at radius 3 is 3.28 bits per heavy atom. The molecule has 1 saturated heterocycles. The van der Waals surface area contributed by atoms with E-state index in [0.717, 1.165) is 31.9 Å². The number of anilines is 1. The van der Waals surface area contributed by atoms with Crippen molar-refractivity contribution in [3.8, 4) is 0 Å². The standard InChI is InChI=1S/C11H16N6O/c1-2-8-6-12-3-4-16(8)9-5-10-14-15-11(18)17(10)7-13-9/h5,7-8,12H,2-4,6H2,1H3,(H,15,18). The summed E-state index contributed by atoms with van der Waals surface area (Å²) in [6.45, 7) is 5.02. The lowest BCUT2D eigenvalue weighted by molar-refractivity contribution is 0.463. The van der Waals surface area contributed by atoms with Crippen molar-refractivity contribution >= 4 is 11.5 Å². The van der Waals surface area contributed by atoms with Crippen molar-refractivity contribution in [2.24, 2.45) is 0 Å². The molecule has 1 atom stereocenters. The Bertz CT molecular complexity index is 603. The van der Waals surface area contributed by atoms with E-state index in [9.17, 15) is 4.79 Å². The number of rotatable bonds is 2. The fourth-order valence-corrected chi connectivity index (χ4v) is 2.38. The molecule has 1 aliphatic heterocycles. The normalized spacial score (nSPS) is 20.5. The smallest absolute Gasteiger partial charge is 0.348 e. The summed E-state index contributed by atoms with van der Waals surface area (Å²) in [6, 6.07) is 2.30. The van der Waals surface area contributed by atoms with Gasteiger partial charge in [-0.3, -0.25) is 0 Å². The van der Waals surface area contributed by atoms with Crippen LogP contribution in [0.5, 0.6) is 0 Å². The Morgan fingerprint density at radius 2 is 2.44 bits per heavy atom. The van der Waals surface area contributed by atoms with Crippen LogP contribution in [0, 0.1) is 0 Å².